The molecule has 2 heterocycles. The van der Waals surface area contributed by atoms with E-state index in [1.165, 1.54) is 12.8 Å². The molecule has 0 bridgehead atoms. The average Bonchev–Trinajstić information content (AvgIpc) is 2.76. The van der Waals surface area contributed by atoms with E-state index in [0.29, 0.717) is 6.54 Å². The molecular formula is C13H13BrN2OS. The molecule has 2 aromatic rings. The molecular weight excluding hydrogens is 312 g/mol. The standard InChI is InChI=1S/C13H13BrN2OS/c14-12-6-5-10(18-12)8-16-13(17)7-9-3-1-2-4-11(9)15-16/h5-7H,1-4,8H2. The zero-order valence-electron chi connectivity index (χ0n) is 9.86. The van der Waals surface area contributed by atoms with Gasteiger partial charge < -0.3 is 0 Å². The molecule has 0 N–H and O–H groups in total. The molecule has 0 aromatic carbocycles. The second-order valence-electron chi connectivity index (χ2n) is 4.53. The molecule has 0 unspecified atom stereocenters. The average molecular weight is 325 g/mol. The van der Waals surface area contributed by atoms with Crippen molar-refractivity contribution in [3.63, 3.8) is 0 Å². The molecule has 18 heavy (non-hydrogen) atoms. The van der Waals surface area contributed by atoms with E-state index in [1.807, 2.05) is 12.1 Å². The van der Waals surface area contributed by atoms with Crippen LogP contribution >= 0.6 is 27.3 Å². The van der Waals surface area contributed by atoms with Crippen molar-refractivity contribution in [3.8, 4) is 0 Å². The lowest BCUT2D eigenvalue weighted by atomic mass is 9.97. The molecule has 3 nitrogen and oxygen atoms in total. The second-order valence-corrected chi connectivity index (χ2v) is 7.07. The van der Waals surface area contributed by atoms with Gasteiger partial charge >= 0.3 is 0 Å². The van der Waals surface area contributed by atoms with Crippen LogP contribution in [0.5, 0.6) is 0 Å². The van der Waals surface area contributed by atoms with Gasteiger partial charge in [0.15, 0.2) is 0 Å². The molecule has 5 heteroatoms. The number of rotatable bonds is 2. The van der Waals surface area contributed by atoms with Gasteiger partial charge in [0.1, 0.15) is 0 Å². The number of aryl methyl sites for hydroxylation is 2. The molecule has 0 fully saturated rings. The first-order valence-electron chi connectivity index (χ1n) is 6.06. The number of aromatic nitrogens is 2. The predicted molar refractivity (Wildman–Crippen MR) is 76.3 cm³/mol. The third kappa shape index (κ3) is 2.42. The van der Waals surface area contributed by atoms with Crippen molar-refractivity contribution < 1.29 is 0 Å². The maximum atomic E-state index is 12.0. The summed E-state index contributed by atoms with van der Waals surface area (Å²) in [5, 5.41) is 4.51. The van der Waals surface area contributed by atoms with E-state index in [4.69, 9.17) is 0 Å². The molecule has 0 atom stereocenters. The van der Waals surface area contributed by atoms with Crippen LogP contribution in [0.1, 0.15) is 29.0 Å². The minimum atomic E-state index is 0.0140. The van der Waals surface area contributed by atoms with Crippen molar-refractivity contribution in [2.75, 3.05) is 0 Å². The van der Waals surface area contributed by atoms with E-state index < -0.39 is 0 Å². The van der Waals surface area contributed by atoms with Crippen molar-refractivity contribution in [2.45, 2.75) is 32.2 Å². The SMILES string of the molecule is O=c1cc2c(nn1Cc1ccc(Br)s1)CCCC2. The van der Waals surface area contributed by atoms with Gasteiger partial charge in [-0.2, -0.15) is 5.10 Å². The molecule has 0 spiro atoms. The first-order chi connectivity index (χ1) is 8.72. The Bertz CT molecular complexity index is 632. The van der Waals surface area contributed by atoms with Crippen LogP contribution in [0.4, 0.5) is 0 Å². The first-order valence-corrected chi connectivity index (χ1v) is 7.67. The predicted octanol–water partition coefficient (Wildman–Crippen LogP) is 2.99. The van der Waals surface area contributed by atoms with Crippen molar-refractivity contribution in [3.05, 3.63) is 48.5 Å². The van der Waals surface area contributed by atoms with Crippen LogP contribution in [-0.4, -0.2) is 9.78 Å². The highest BCUT2D eigenvalue weighted by Gasteiger charge is 2.13. The Balaban J connectivity index is 1.94. The number of hydrogen-bond donors (Lipinski definition) is 0. The monoisotopic (exact) mass is 324 g/mol. The van der Waals surface area contributed by atoms with Crippen molar-refractivity contribution >= 4 is 27.3 Å². The molecule has 3 rings (SSSR count). The van der Waals surface area contributed by atoms with Gasteiger partial charge in [-0.25, -0.2) is 4.68 Å². The van der Waals surface area contributed by atoms with Gasteiger partial charge in [-0.1, -0.05) is 0 Å². The Morgan fingerprint density at radius 2 is 2.17 bits per heavy atom. The summed E-state index contributed by atoms with van der Waals surface area (Å²) >= 11 is 5.08. The van der Waals surface area contributed by atoms with Crippen LogP contribution in [0, 0.1) is 0 Å². The topological polar surface area (TPSA) is 34.9 Å². The summed E-state index contributed by atoms with van der Waals surface area (Å²) in [5.41, 5.74) is 2.27. The molecule has 0 aliphatic heterocycles. The van der Waals surface area contributed by atoms with Gasteiger partial charge in [-0.15, -0.1) is 11.3 Å². The highest BCUT2D eigenvalue weighted by molar-refractivity contribution is 9.11. The fraction of sp³-hybridized carbons (Fsp3) is 0.385. The fourth-order valence-corrected chi connectivity index (χ4v) is 3.76. The summed E-state index contributed by atoms with van der Waals surface area (Å²) in [4.78, 5) is 13.1. The minimum Gasteiger partial charge on any atom is -0.268 e. The second kappa shape index (κ2) is 4.97. The van der Waals surface area contributed by atoms with E-state index >= 15 is 0 Å². The van der Waals surface area contributed by atoms with Crippen molar-refractivity contribution in [1.29, 1.82) is 0 Å². The zero-order chi connectivity index (χ0) is 12.5. The zero-order valence-corrected chi connectivity index (χ0v) is 12.3. The number of halogens is 1. The van der Waals surface area contributed by atoms with Gasteiger partial charge in [-0.3, -0.25) is 4.79 Å². The van der Waals surface area contributed by atoms with Crippen LogP contribution in [0.15, 0.2) is 26.8 Å². The summed E-state index contributed by atoms with van der Waals surface area (Å²) in [6.07, 6.45) is 4.37. The molecule has 94 valence electrons. The summed E-state index contributed by atoms with van der Waals surface area (Å²) in [6.45, 7) is 0.572. The van der Waals surface area contributed by atoms with E-state index in [0.717, 1.165) is 32.8 Å². The summed E-state index contributed by atoms with van der Waals surface area (Å²) in [6, 6.07) is 5.80. The molecule has 0 amide bonds. The van der Waals surface area contributed by atoms with Gasteiger partial charge in [0, 0.05) is 10.9 Å². The molecule has 1 aliphatic carbocycles. The van der Waals surface area contributed by atoms with E-state index in [-0.39, 0.29) is 5.56 Å². The molecule has 2 aromatic heterocycles. The van der Waals surface area contributed by atoms with Crippen LogP contribution in [0.2, 0.25) is 0 Å². The summed E-state index contributed by atoms with van der Waals surface area (Å²) < 4.78 is 2.67. The number of nitrogens with zero attached hydrogens (tertiary/aromatic N) is 2. The van der Waals surface area contributed by atoms with E-state index in [1.54, 1.807) is 22.1 Å². The maximum absolute atomic E-state index is 12.0. The third-order valence-corrected chi connectivity index (χ3v) is 4.82. The smallest absolute Gasteiger partial charge is 0.267 e. The van der Waals surface area contributed by atoms with Gasteiger partial charge in [0.2, 0.25) is 0 Å². The van der Waals surface area contributed by atoms with Crippen LogP contribution in [0.3, 0.4) is 0 Å². The van der Waals surface area contributed by atoms with E-state index in [2.05, 4.69) is 21.0 Å². The van der Waals surface area contributed by atoms with Gasteiger partial charge in [-0.05, 0) is 59.3 Å². The first kappa shape index (κ1) is 12.1. The minimum absolute atomic E-state index is 0.0140. The molecule has 0 saturated carbocycles. The normalized spacial score (nSPS) is 14.5. The lowest BCUT2D eigenvalue weighted by Gasteiger charge is -2.15. The van der Waals surface area contributed by atoms with Crippen molar-refractivity contribution in [1.82, 2.24) is 9.78 Å². The molecule has 0 radical (unpaired) electrons. The fourth-order valence-electron chi connectivity index (χ4n) is 2.30. The van der Waals surface area contributed by atoms with E-state index in [9.17, 15) is 4.79 Å². The number of thiophene rings is 1. The lowest BCUT2D eigenvalue weighted by molar-refractivity contribution is 0.577. The molecule has 0 saturated heterocycles. The Labute approximate surface area is 118 Å². The lowest BCUT2D eigenvalue weighted by Crippen LogP contribution is -2.26. The Morgan fingerprint density at radius 3 is 2.94 bits per heavy atom. The Hall–Kier alpha value is -0.940. The number of fused-ring (bicyclic) bond motifs is 1. The van der Waals surface area contributed by atoms with Crippen molar-refractivity contribution in [2.24, 2.45) is 0 Å². The summed E-state index contributed by atoms with van der Waals surface area (Å²) in [5.74, 6) is 0. The largest absolute Gasteiger partial charge is 0.268 e. The van der Waals surface area contributed by atoms with Crippen LogP contribution in [0.25, 0.3) is 0 Å². The maximum Gasteiger partial charge on any atom is 0.267 e. The van der Waals surface area contributed by atoms with Gasteiger partial charge in [0.05, 0.1) is 16.0 Å². The quantitative estimate of drug-likeness (QED) is 0.851. The number of hydrogen-bond acceptors (Lipinski definition) is 3. The van der Waals surface area contributed by atoms with Crippen LogP contribution in [-0.2, 0) is 19.4 Å². The van der Waals surface area contributed by atoms with Crippen LogP contribution < -0.4 is 5.56 Å². The summed E-state index contributed by atoms with van der Waals surface area (Å²) in [7, 11) is 0. The Kier molecular flexibility index (Phi) is 3.35. The highest BCUT2D eigenvalue weighted by atomic mass is 79.9. The highest BCUT2D eigenvalue weighted by Crippen LogP contribution is 2.22. The Morgan fingerprint density at radius 1 is 1.33 bits per heavy atom. The van der Waals surface area contributed by atoms with Gasteiger partial charge in [0.25, 0.3) is 5.56 Å². The third-order valence-electron chi connectivity index (χ3n) is 3.21. The molecule has 1 aliphatic rings.